The number of urea groups is 1. The van der Waals surface area contributed by atoms with Gasteiger partial charge in [0.2, 0.25) is 0 Å². The smallest absolute Gasteiger partial charge is 0.315 e. The van der Waals surface area contributed by atoms with Gasteiger partial charge in [0.05, 0.1) is 4.92 Å². The van der Waals surface area contributed by atoms with Gasteiger partial charge >= 0.3 is 6.03 Å². The van der Waals surface area contributed by atoms with Crippen molar-refractivity contribution < 1.29 is 9.72 Å². The third kappa shape index (κ3) is 3.41. The second kappa shape index (κ2) is 5.50. The van der Waals surface area contributed by atoms with Gasteiger partial charge in [-0.15, -0.1) is 0 Å². The Labute approximate surface area is 92.1 Å². The molecule has 0 radical (unpaired) electrons. The van der Waals surface area contributed by atoms with Gasteiger partial charge in [0.25, 0.3) is 5.69 Å². The number of nitro groups is 1. The predicted molar refractivity (Wildman–Crippen MR) is 60.1 cm³/mol. The zero-order valence-electron chi connectivity index (χ0n) is 8.64. The Morgan fingerprint density at radius 1 is 1.50 bits per heavy atom. The summed E-state index contributed by atoms with van der Waals surface area (Å²) < 4.78 is 0. The van der Waals surface area contributed by atoms with Crippen LogP contribution in [0.2, 0.25) is 0 Å². The minimum atomic E-state index is -0.519. The molecule has 0 bridgehead atoms. The SMILES string of the molecule is C/C=C/NC(=O)Nc1cccc([N+](=O)[O-])c1. The number of rotatable bonds is 3. The molecule has 0 aromatic heterocycles. The van der Waals surface area contributed by atoms with Crippen molar-refractivity contribution in [2.45, 2.75) is 6.92 Å². The van der Waals surface area contributed by atoms with E-state index < -0.39 is 11.0 Å². The van der Waals surface area contributed by atoms with Gasteiger partial charge in [-0.05, 0) is 13.0 Å². The van der Waals surface area contributed by atoms with Crippen molar-refractivity contribution in [1.29, 1.82) is 0 Å². The highest BCUT2D eigenvalue weighted by atomic mass is 16.6. The summed E-state index contributed by atoms with van der Waals surface area (Å²) in [5.41, 5.74) is 0.306. The Morgan fingerprint density at radius 2 is 2.25 bits per heavy atom. The molecule has 0 saturated heterocycles. The summed E-state index contributed by atoms with van der Waals surface area (Å²) in [6.07, 6.45) is 3.12. The first-order chi connectivity index (χ1) is 7.63. The van der Waals surface area contributed by atoms with Gasteiger partial charge in [-0.1, -0.05) is 12.1 Å². The Balaban J connectivity index is 2.70. The lowest BCUT2D eigenvalue weighted by Gasteiger charge is -2.03. The summed E-state index contributed by atoms with van der Waals surface area (Å²) in [5, 5.41) is 15.4. The fourth-order valence-corrected chi connectivity index (χ4v) is 1.02. The summed E-state index contributed by atoms with van der Waals surface area (Å²) in [6.45, 7) is 1.76. The first-order valence-electron chi connectivity index (χ1n) is 4.56. The number of amides is 2. The first kappa shape index (κ1) is 11.7. The number of anilines is 1. The number of benzene rings is 1. The molecule has 0 fully saturated rings. The van der Waals surface area contributed by atoms with E-state index in [0.717, 1.165) is 0 Å². The van der Waals surface area contributed by atoms with Crippen LogP contribution in [0.5, 0.6) is 0 Å². The highest BCUT2D eigenvalue weighted by molar-refractivity contribution is 5.90. The predicted octanol–water partition coefficient (Wildman–Crippen LogP) is 2.25. The van der Waals surface area contributed by atoms with Crippen molar-refractivity contribution in [2.75, 3.05) is 5.32 Å². The molecule has 0 aliphatic heterocycles. The molecular weight excluding hydrogens is 210 g/mol. The molecule has 0 aliphatic carbocycles. The lowest BCUT2D eigenvalue weighted by molar-refractivity contribution is -0.384. The number of carbonyl (C=O) groups excluding carboxylic acids is 1. The molecule has 0 spiro atoms. The number of carbonyl (C=O) groups is 1. The zero-order chi connectivity index (χ0) is 12.0. The number of hydrogen-bond acceptors (Lipinski definition) is 3. The molecule has 6 nitrogen and oxygen atoms in total. The van der Waals surface area contributed by atoms with E-state index in [1.165, 1.54) is 24.4 Å². The number of nitrogens with zero attached hydrogens (tertiary/aromatic N) is 1. The topological polar surface area (TPSA) is 84.3 Å². The summed E-state index contributed by atoms with van der Waals surface area (Å²) in [4.78, 5) is 21.2. The molecular formula is C10H11N3O3. The Morgan fingerprint density at radius 3 is 2.88 bits per heavy atom. The molecule has 0 saturated carbocycles. The highest BCUT2D eigenvalue weighted by Crippen LogP contribution is 2.16. The molecule has 2 amide bonds. The van der Waals surface area contributed by atoms with Gasteiger partial charge in [0, 0.05) is 24.0 Å². The fourth-order valence-electron chi connectivity index (χ4n) is 1.02. The second-order valence-electron chi connectivity index (χ2n) is 2.91. The van der Waals surface area contributed by atoms with Crippen LogP contribution in [-0.4, -0.2) is 11.0 Å². The average molecular weight is 221 g/mol. The number of nitro benzene ring substituents is 1. The number of allylic oxidation sites excluding steroid dienone is 1. The van der Waals surface area contributed by atoms with E-state index in [2.05, 4.69) is 10.6 Å². The van der Waals surface area contributed by atoms with Crippen molar-refractivity contribution in [3.63, 3.8) is 0 Å². The minimum Gasteiger partial charge on any atom is -0.315 e. The lowest BCUT2D eigenvalue weighted by atomic mass is 10.3. The van der Waals surface area contributed by atoms with Gasteiger partial charge in [-0.25, -0.2) is 4.79 Å². The van der Waals surface area contributed by atoms with Crippen molar-refractivity contribution >= 4 is 17.4 Å². The second-order valence-corrected chi connectivity index (χ2v) is 2.91. The van der Waals surface area contributed by atoms with Gasteiger partial charge in [0.15, 0.2) is 0 Å². The van der Waals surface area contributed by atoms with Crippen LogP contribution in [0, 0.1) is 10.1 Å². The largest absolute Gasteiger partial charge is 0.323 e. The van der Waals surface area contributed by atoms with Gasteiger partial charge in [-0.3, -0.25) is 10.1 Å². The van der Waals surface area contributed by atoms with Crippen LogP contribution in [0.3, 0.4) is 0 Å². The van der Waals surface area contributed by atoms with Gasteiger partial charge < -0.3 is 10.6 Å². The third-order valence-electron chi connectivity index (χ3n) is 1.70. The molecule has 1 rings (SSSR count). The quantitative estimate of drug-likeness (QED) is 0.606. The molecule has 0 aliphatic rings. The fraction of sp³-hybridized carbons (Fsp3) is 0.100. The average Bonchev–Trinajstić information content (AvgIpc) is 2.26. The Kier molecular flexibility index (Phi) is 4.02. The summed E-state index contributed by atoms with van der Waals surface area (Å²) >= 11 is 0. The summed E-state index contributed by atoms with van der Waals surface area (Å²) in [6, 6.07) is 5.27. The van der Waals surface area contributed by atoms with E-state index in [9.17, 15) is 14.9 Å². The van der Waals surface area contributed by atoms with E-state index in [4.69, 9.17) is 0 Å². The normalized spacial score (nSPS) is 10.1. The highest BCUT2D eigenvalue weighted by Gasteiger charge is 2.06. The molecule has 0 unspecified atom stereocenters. The maximum absolute atomic E-state index is 11.2. The molecule has 0 heterocycles. The van der Waals surface area contributed by atoms with E-state index in [-0.39, 0.29) is 5.69 Å². The monoisotopic (exact) mass is 221 g/mol. The van der Waals surface area contributed by atoms with Crippen molar-refractivity contribution in [3.8, 4) is 0 Å². The van der Waals surface area contributed by atoms with Crippen molar-refractivity contribution in [1.82, 2.24) is 5.32 Å². The molecule has 2 N–H and O–H groups in total. The van der Waals surface area contributed by atoms with E-state index >= 15 is 0 Å². The van der Waals surface area contributed by atoms with Crippen LogP contribution in [0.15, 0.2) is 36.5 Å². The van der Waals surface area contributed by atoms with E-state index in [0.29, 0.717) is 5.69 Å². The maximum Gasteiger partial charge on any atom is 0.323 e. The van der Waals surface area contributed by atoms with Crippen LogP contribution in [0.4, 0.5) is 16.2 Å². The zero-order valence-corrected chi connectivity index (χ0v) is 8.64. The van der Waals surface area contributed by atoms with Crippen molar-refractivity contribution in [2.24, 2.45) is 0 Å². The van der Waals surface area contributed by atoms with Crippen LogP contribution in [0.1, 0.15) is 6.92 Å². The first-order valence-corrected chi connectivity index (χ1v) is 4.56. The number of non-ortho nitro benzene ring substituents is 1. The molecule has 16 heavy (non-hydrogen) atoms. The molecule has 84 valence electrons. The standard InChI is InChI=1S/C10H11N3O3/c1-2-6-11-10(14)12-8-4-3-5-9(7-8)13(15)16/h2-7H,1H3,(H2,11,12,14)/b6-2+. The summed E-state index contributed by atoms with van der Waals surface area (Å²) in [7, 11) is 0. The third-order valence-corrected chi connectivity index (χ3v) is 1.70. The number of nitrogens with one attached hydrogen (secondary N) is 2. The maximum atomic E-state index is 11.2. The molecule has 0 atom stereocenters. The van der Waals surface area contributed by atoms with Crippen LogP contribution in [0.25, 0.3) is 0 Å². The van der Waals surface area contributed by atoms with Crippen LogP contribution < -0.4 is 10.6 Å². The van der Waals surface area contributed by atoms with Crippen LogP contribution >= 0.6 is 0 Å². The minimum absolute atomic E-state index is 0.0659. The molecule has 6 heteroatoms. The molecule has 1 aromatic carbocycles. The van der Waals surface area contributed by atoms with Gasteiger partial charge in [0.1, 0.15) is 0 Å². The van der Waals surface area contributed by atoms with Crippen LogP contribution in [-0.2, 0) is 0 Å². The van der Waals surface area contributed by atoms with Crippen molar-refractivity contribution in [3.05, 3.63) is 46.7 Å². The Bertz CT molecular complexity index is 429. The summed E-state index contributed by atoms with van der Waals surface area (Å²) in [5.74, 6) is 0. The Hall–Kier alpha value is -2.37. The van der Waals surface area contributed by atoms with Gasteiger partial charge in [-0.2, -0.15) is 0 Å². The van der Waals surface area contributed by atoms with E-state index in [1.807, 2.05) is 0 Å². The lowest BCUT2D eigenvalue weighted by Crippen LogP contribution is -2.23. The number of hydrogen-bond donors (Lipinski definition) is 2. The molecule has 1 aromatic rings. The van der Waals surface area contributed by atoms with E-state index in [1.54, 1.807) is 19.1 Å².